The van der Waals surface area contributed by atoms with Gasteiger partial charge in [0.25, 0.3) is 0 Å². The van der Waals surface area contributed by atoms with Gasteiger partial charge in [-0.15, -0.1) is 0 Å². The Bertz CT molecular complexity index is 305. The molecule has 0 saturated carbocycles. The van der Waals surface area contributed by atoms with Crippen molar-refractivity contribution in [2.45, 2.75) is 38.6 Å². The third-order valence-electron chi connectivity index (χ3n) is 2.51. The molecule has 0 amide bonds. The number of thioether (sulfide) groups is 1. The Morgan fingerprint density at radius 2 is 2.07 bits per heavy atom. The van der Waals surface area contributed by atoms with Gasteiger partial charge in [-0.1, -0.05) is 13.8 Å². The Labute approximate surface area is 99.2 Å². The molecule has 0 atom stereocenters. The monoisotopic (exact) mass is 243 g/mol. The quantitative estimate of drug-likeness (QED) is 0.885. The van der Waals surface area contributed by atoms with Gasteiger partial charge in [0.1, 0.15) is 5.82 Å². The molecule has 1 fully saturated rings. The molecule has 0 spiro atoms. The maximum absolute atomic E-state index is 4.49. The fraction of sp³-hybridized carbons (Fsp3) is 0.800. The van der Waals surface area contributed by atoms with E-state index in [4.69, 9.17) is 0 Å². The van der Waals surface area contributed by atoms with Crippen LogP contribution in [0, 0.1) is 0 Å². The van der Waals surface area contributed by atoms with Crippen molar-refractivity contribution in [3.8, 4) is 0 Å². The second-order valence-corrected chi connectivity index (χ2v) is 6.12. The summed E-state index contributed by atoms with van der Waals surface area (Å²) < 4.78 is 4.34. The summed E-state index contributed by atoms with van der Waals surface area (Å²) in [6, 6.07) is 0.610. The molecular weight excluding hydrogens is 226 g/mol. The first kappa shape index (κ1) is 11.2. The first-order chi connectivity index (χ1) is 7.25. The first-order valence-electron chi connectivity index (χ1n) is 5.43. The Hall–Kier alpha value is -0.290. The molecular formula is C10H17N3S2. The van der Waals surface area contributed by atoms with Crippen LogP contribution in [0.5, 0.6) is 0 Å². The number of aromatic nitrogens is 2. The van der Waals surface area contributed by atoms with Crippen molar-refractivity contribution in [2.24, 2.45) is 0 Å². The van der Waals surface area contributed by atoms with Gasteiger partial charge in [0.15, 0.2) is 0 Å². The molecule has 2 rings (SSSR count). The van der Waals surface area contributed by atoms with Crippen molar-refractivity contribution < 1.29 is 0 Å². The van der Waals surface area contributed by atoms with Crippen LogP contribution < -0.4 is 5.32 Å². The minimum Gasteiger partial charge on any atom is -0.357 e. The molecule has 5 heteroatoms. The third-order valence-corrected chi connectivity index (χ3v) is 4.22. The molecule has 1 aliphatic heterocycles. The highest BCUT2D eigenvalue weighted by Gasteiger charge is 2.15. The molecule has 2 heterocycles. The largest absolute Gasteiger partial charge is 0.357 e. The molecule has 1 N–H and O–H groups in total. The van der Waals surface area contributed by atoms with Gasteiger partial charge in [0.2, 0.25) is 5.13 Å². The smallest absolute Gasteiger partial charge is 0.202 e. The van der Waals surface area contributed by atoms with Crippen molar-refractivity contribution in [1.29, 1.82) is 0 Å². The standard InChI is InChI=1S/C10H17N3S2/c1-7(2)9-12-10(15-13-9)11-8-3-5-14-6-4-8/h7-8H,3-6H2,1-2H3,(H,11,12,13). The van der Waals surface area contributed by atoms with E-state index in [0.29, 0.717) is 12.0 Å². The van der Waals surface area contributed by atoms with Crippen LogP contribution >= 0.6 is 23.3 Å². The van der Waals surface area contributed by atoms with Gasteiger partial charge in [-0.3, -0.25) is 0 Å². The van der Waals surface area contributed by atoms with Crippen molar-refractivity contribution in [2.75, 3.05) is 16.8 Å². The summed E-state index contributed by atoms with van der Waals surface area (Å²) in [6.07, 6.45) is 2.50. The number of nitrogens with one attached hydrogen (secondary N) is 1. The average molecular weight is 243 g/mol. The van der Waals surface area contributed by atoms with Crippen LogP contribution in [-0.2, 0) is 0 Å². The summed E-state index contributed by atoms with van der Waals surface area (Å²) in [5.74, 6) is 3.94. The lowest BCUT2D eigenvalue weighted by Crippen LogP contribution is -2.24. The molecule has 84 valence electrons. The fourth-order valence-electron chi connectivity index (χ4n) is 1.54. The van der Waals surface area contributed by atoms with E-state index in [9.17, 15) is 0 Å². The first-order valence-corrected chi connectivity index (χ1v) is 7.36. The number of hydrogen-bond donors (Lipinski definition) is 1. The molecule has 0 aromatic carbocycles. The molecule has 1 aromatic heterocycles. The van der Waals surface area contributed by atoms with Gasteiger partial charge < -0.3 is 5.32 Å². The molecule has 1 aliphatic rings. The Balaban J connectivity index is 1.91. The van der Waals surface area contributed by atoms with E-state index in [0.717, 1.165) is 11.0 Å². The molecule has 3 nitrogen and oxygen atoms in total. The Morgan fingerprint density at radius 1 is 1.33 bits per heavy atom. The highest BCUT2D eigenvalue weighted by atomic mass is 32.2. The van der Waals surface area contributed by atoms with Gasteiger partial charge in [-0.25, -0.2) is 4.98 Å². The van der Waals surface area contributed by atoms with E-state index >= 15 is 0 Å². The second-order valence-electron chi connectivity index (χ2n) is 4.14. The van der Waals surface area contributed by atoms with Crippen LogP contribution in [0.15, 0.2) is 0 Å². The molecule has 1 aromatic rings. The van der Waals surface area contributed by atoms with Gasteiger partial charge in [0.05, 0.1) is 0 Å². The summed E-state index contributed by atoms with van der Waals surface area (Å²) >= 11 is 3.54. The molecule has 1 saturated heterocycles. The maximum atomic E-state index is 4.49. The lowest BCUT2D eigenvalue weighted by atomic mass is 10.2. The number of nitrogens with zero attached hydrogens (tertiary/aromatic N) is 2. The summed E-state index contributed by atoms with van der Waals surface area (Å²) in [7, 11) is 0. The van der Waals surface area contributed by atoms with Crippen LogP contribution in [0.2, 0.25) is 0 Å². The van der Waals surface area contributed by atoms with Crippen molar-refractivity contribution in [3.63, 3.8) is 0 Å². The molecule has 0 unspecified atom stereocenters. The van der Waals surface area contributed by atoms with Gasteiger partial charge >= 0.3 is 0 Å². The summed E-state index contributed by atoms with van der Waals surface area (Å²) in [5, 5.41) is 4.48. The normalized spacial score (nSPS) is 18.3. The molecule has 0 aliphatic carbocycles. The van der Waals surface area contributed by atoms with Crippen molar-refractivity contribution >= 4 is 28.4 Å². The van der Waals surface area contributed by atoms with Gasteiger partial charge in [0, 0.05) is 23.5 Å². The minimum atomic E-state index is 0.429. The summed E-state index contributed by atoms with van der Waals surface area (Å²) in [4.78, 5) is 4.49. The van der Waals surface area contributed by atoms with Gasteiger partial charge in [-0.2, -0.15) is 16.1 Å². The SMILES string of the molecule is CC(C)c1nsc(NC2CCSCC2)n1. The summed E-state index contributed by atoms with van der Waals surface area (Å²) in [5.41, 5.74) is 0. The number of hydrogen-bond acceptors (Lipinski definition) is 5. The predicted octanol–water partition coefficient (Wildman–Crippen LogP) is 2.97. The topological polar surface area (TPSA) is 37.8 Å². The zero-order valence-corrected chi connectivity index (χ0v) is 10.8. The zero-order chi connectivity index (χ0) is 10.7. The fourth-order valence-corrected chi connectivity index (χ4v) is 3.44. The van der Waals surface area contributed by atoms with Crippen LogP contribution in [0.1, 0.15) is 38.4 Å². The van der Waals surface area contributed by atoms with Crippen molar-refractivity contribution in [3.05, 3.63) is 5.82 Å². The second kappa shape index (κ2) is 5.16. The third kappa shape index (κ3) is 3.08. The average Bonchev–Trinajstić information content (AvgIpc) is 2.68. The van der Waals surface area contributed by atoms with E-state index in [1.807, 2.05) is 11.8 Å². The lowest BCUT2D eigenvalue weighted by molar-refractivity contribution is 0.665. The predicted molar refractivity (Wildman–Crippen MR) is 68.0 cm³/mol. The van der Waals surface area contributed by atoms with E-state index in [2.05, 4.69) is 28.5 Å². The zero-order valence-electron chi connectivity index (χ0n) is 9.19. The van der Waals surface area contributed by atoms with E-state index in [1.54, 1.807) is 0 Å². The maximum Gasteiger partial charge on any atom is 0.202 e. The molecule has 0 radical (unpaired) electrons. The lowest BCUT2D eigenvalue weighted by Gasteiger charge is -2.21. The van der Waals surface area contributed by atoms with E-state index in [1.165, 1.54) is 35.9 Å². The Kier molecular flexibility index (Phi) is 3.86. The van der Waals surface area contributed by atoms with Crippen LogP contribution in [0.25, 0.3) is 0 Å². The summed E-state index contributed by atoms with van der Waals surface area (Å²) in [6.45, 7) is 4.26. The van der Waals surface area contributed by atoms with E-state index in [-0.39, 0.29) is 0 Å². The Morgan fingerprint density at radius 3 is 2.67 bits per heavy atom. The van der Waals surface area contributed by atoms with Crippen molar-refractivity contribution in [1.82, 2.24) is 9.36 Å². The highest BCUT2D eigenvalue weighted by Crippen LogP contribution is 2.23. The number of rotatable bonds is 3. The highest BCUT2D eigenvalue weighted by molar-refractivity contribution is 7.99. The number of anilines is 1. The minimum absolute atomic E-state index is 0.429. The molecule has 15 heavy (non-hydrogen) atoms. The van der Waals surface area contributed by atoms with Crippen LogP contribution in [0.3, 0.4) is 0 Å². The van der Waals surface area contributed by atoms with Crippen LogP contribution in [0.4, 0.5) is 5.13 Å². The van der Waals surface area contributed by atoms with E-state index < -0.39 is 0 Å². The van der Waals surface area contributed by atoms with Gasteiger partial charge in [-0.05, 0) is 24.3 Å². The molecule has 0 bridgehead atoms. The van der Waals surface area contributed by atoms with Crippen LogP contribution in [-0.4, -0.2) is 26.9 Å².